The molecule has 6 aliphatic heterocycles. The van der Waals surface area contributed by atoms with Crippen LogP contribution in [0, 0.1) is 11.3 Å². The number of hydrogen-bond acceptors (Lipinski definition) is 20. The van der Waals surface area contributed by atoms with E-state index in [1.54, 1.807) is 78.3 Å². The topological polar surface area (TPSA) is 342 Å². The maximum absolute atomic E-state index is 14.5. The summed E-state index contributed by atoms with van der Waals surface area (Å²) in [5, 5.41) is 27.2. The van der Waals surface area contributed by atoms with E-state index in [0.29, 0.717) is 72.0 Å². The van der Waals surface area contributed by atoms with E-state index in [1.807, 2.05) is 90.9 Å². The van der Waals surface area contributed by atoms with E-state index in [4.69, 9.17) is 33.4 Å². The molecule has 29 heteroatoms. The van der Waals surface area contributed by atoms with Crippen LogP contribution in [-0.4, -0.2) is 171 Å². The molecule has 13 rings (SSSR count). The molecule has 2 fully saturated rings. The Labute approximate surface area is 623 Å². The highest BCUT2D eigenvalue weighted by Crippen LogP contribution is 2.57. The summed E-state index contributed by atoms with van der Waals surface area (Å²) in [7, 11) is 4.53. The Morgan fingerprint density at radius 3 is 2.09 bits per heavy atom. The summed E-state index contributed by atoms with van der Waals surface area (Å²) in [6.07, 6.45) is 3.96. The molecule has 5 atom stereocenters. The first-order valence-corrected chi connectivity index (χ1v) is 36.1. The second-order valence-corrected chi connectivity index (χ2v) is 27.9. The van der Waals surface area contributed by atoms with Gasteiger partial charge in [-0.3, -0.25) is 48.4 Å². The van der Waals surface area contributed by atoms with E-state index in [1.165, 1.54) is 33.3 Å². The molecule has 6 heterocycles. The zero-order chi connectivity index (χ0) is 76.1. The fourth-order valence-corrected chi connectivity index (χ4v) is 14.3. The zero-order valence-electron chi connectivity index (χ0n) is 61.0. The molecule has 6 aromatic rings. The van der Waals surface area contributed by atoms with Gasteiger partial charge >= 0.3 is 6.09 Å². The van der Waals surface area contributed by atoms with E-state index in [-0.39, 0.29) is 91.1 Å². The number of hydrogen-bond donors (Lipinski definition) is 8. The van der Waals surface area contributed by atoms with Crippen molar-refractivity contribution in [3.05, 3.63) is 166 Å². The molecule has 564 valence electrons. The first kappa shape index (κ1) is 74.3. The van der Waals surface area contributed by atoms with Crippen molar-refractivity contribution < 1.29 is 76.7 Å². The average molecular weight is 1470 g/mol. The van der Waals surface area contributed by atoms with Crippen LogP contribution in [0.4, 0.5) is 27.5 Å². The average Bonchev–Trinajstić information content (AvgIpc) is 1.56. The van der Waals surface area contributed by atoms with Crippen molar-refractivity contribution in [1.82, 2.24) is 47.0 Å². The Kier molecular flexibility index (Phi) is 22.0. The van der Waals surface area contributed by atoms with Crippen molar-refractivity contribution in [2.45, 2.75) is 116 Å². The van der Waals surface area contributed by atoms with Gasteiger partial charge in [-0.2, -0.15) is 0 Å². The van der Waals surface area contributed by atoms with E-state index >= 15 is 0 Å². The van der Waals surface area contributed by atoms with E-state index < -0.39 is 79.0 Å². The summed E-state index contributed by atoms with van der Waals surface area (Å²) >= 11 is 0. The maximum atomic E-state index is 14.5. The number of rotatable bonds is 26. The van der Waals surface area contributed by atoms with Gasteiger partial charge in [-0.05, 0) is 109 Å². The molecule has 1 saturated heterocycles. The summed E-state index contributed by atoms with van der Waals surface area (Å²) in [5.41, 5.74) is 15.2. The second-order valence-electron chi connectivity index (χ2n) is 27.9. The summed E-state index contributed by atoms with van der Waals surface area (Å²) in [4.78, 5) is 134. The third-order valence-electron chi connectivity index (χ3n) is 20.4. The largest absolute Gasteiger partial charge is 0.497 e. The molecule has 9 amide bonds. The number of amides is 9. The van der Waals surface area contributed by atoms with Gasteiger partial charge in [0.25, 0.3) is 11.8 Å². The highest BCUT2D eigenvalue weighted by Gasteiger charge is 2.58. The lowest BCUT2D eigenvalue weighted by molar-refractivity contribution is -0.132. The third kappa shape index (κ3) is 15.8. The molecule has 1 unspecified atom stereocenters. The monoisotopic (exact) mass is 1470 g/mol. The minimum Gasteiger partial charge on any atom is -0.497 e. The molecule has 0 bridgehead atoms. The molecular formula is C79H87N13O16. The van der Waals surface area contributed by atoms with E-state index in [9.17, 15) is 48.3 Å². The van der Waals surface area contributed by atoms with Gasteiger partial charge in [-0.1, -0.05) is 80.6 Å². The Morgan fingerprint density at radius 1 is 0.704 bits per heavy atom. The Balaban J connectivity index is 0.569. The quantitative estimate of drug-likeness (QED) is 0.0247. The predicted molar refractivity (Wildman–Crippen MR) is 399 cm³/mol. The molecule has 108 heavy (non-hydrogen) atoms. The first-order valence-electron chi connectivity index (χ1n) is 36.1. The highest BCUT2D eigenvalue weighted by molar-refractivity contribution is 6.08. The van der Waals surface area contributed by atoms with E-state index in [0.717, 1.165) is 62.7 Å². The maximum Gasteiger partial charge on any atom is 0.416 e. The van der Waals surface area contributed by atoms with Crippen LogP contribution in [0.5, 0.6) is 28.7 Å². The number of aliphatic hydroxyl groups excluding tert-OH is 1. The van der Waals surface area contributed by atoms with Gasteiger partial charge in [-0.15, -0.1) is 5.53 Å². The second kappa shape index (κ2) is 32.0. The number of anilines is 3. The number of aliphatic imine (C=N–C) groups is 1. The molecule has 8 N–H and O–H groups in total. The van der Waals surface area contributed by atoms with Crippen LogP contribution in [0.1, 0.15) is 121 Å². The number of carbonyl (C=O) groups excluding carboxylic acids is 9. The van der Waals surface area contributed by atoms with Crippen LogP contribution < -0.4 is 71.0 Å². The minimum atomic E-state index is -1.51. The summed E-state index contributed by atoms with van der Waals surface area (Å²) in [5.74, 6) is -2.74. The number of carbonyl (C=O) groups is 9. The molecule has 29 nitrogen and oxygen atoms in total. The molecule has 1 saturated carbocycles. The van der Waals surface area contributed by atoms with Gasteiger partial charge in [0.1, 0.15) is 24.4 Å². The fraction of sp³-hybridized carbons (Fsp3) is 0.367. The van der Waals surface area contributed by atoms with Crippen LogP contribution in [0.15, 0.2) is 133 Å². The van der Waals surface area contributed by atoms with Gasteiger partial charge < -0.3 is 80.2 Å². The Hall–Kier alpha value is -12.0. The van der Waals surface area contributed by atoms with Crippen molar-refractivity contribution in [1.29, 1.82) is 0 Å². The molecule has 0 aromatic heterocycles. The SMILES string of the molecule is CCN1NNC2=C1c1ccccc1CN(C(=O)CCC(=O)NCC(=O)NCC(=O)N[C@H](C(=O)N[C@@H](C)C(=O)Nc1ccc(COC(=O)N3c4cc(OCCCOc5cc6c(cc5OC)C(=O)N5C=C(c7ccc(OC)cc7)C[C@H]5C=N6)c(OC)cc4C(=O)N4CC5(CC5)C[C@H]4C3O)cc1)C(C)C)c1ccccc12. The van der Waals surface area contributed by atoms with Gasteiger partial charge in [0, 0.05) is 80.1 Å². The van der Waals surface area contributed by atoms with Crippen LogP contribution in [0.2, 0.25) is 0 Å². The lowest BCUT2D eigenvalue weighted by Gasteiger charge is -2.31. The van der Waals surface area contributed by atoms with Gasteiger partial charge in [0.05, 0.1) is 106 Å². The minimum absolute atomic E-state index is 0.0502. The van der Waals surface area contributed by atoms with Crippen molar-refractivity contribution in [2.24, 2.45) is 16.3 Å². The summed E-state index contributed by atoms with van der Waals surface area (Å²) in [6.45, 7) is 7.17. The highest BCUT2D eigenvalue weighted by atomic mass is 16.6. The smallest absolute Gasteiger partial charge is 0.416 e. The van der Waals surface area contributed by atoms with Crippen LogP contribution in [-0.2, 0) is 46.7 Å². The lowest BCUT2D eigenvalue weighted by atomic mass is 9.95. The van der Waals surface area contributed by atoms with Crippen LogP contribution in [0.3, 0.4) is 0 Å². The number of methoxy groups -OCH3 is 3. The molecule has 1 spiro atoms. The first-order chi connectivity index (χ1) is 52.1. The predicted octanol–water partition coefficient (Wildman–Crippen LogP) is 7.32. The number of aliphatic hydroxyl groups is 1. The standard InChI is InChI=1S/C79H87N13O16/c1-8-91-72-54-15-10-9-14-49(54)41-89(59-17-12-11-16-55(59)71(72)86-87-91)69(96)27-26-66(93)81-39-67(94)82-40-68(95)85-70(45(2)3)74(98)83-46(4)73(97)84-51-22-18-47(19-23-51)43-108-78(102)92-60-36-65(63(105-7)34-57(60)76(100)90-44-79(28-29-79)37-61(90)77(92)101)107-31-13-30-106-64-35-58-56(33-62(64)104-6)75(99)88-42-50(32-52(88)38-80-58)48-20-24-53(103-5)25-21-48/h9-12,14-25,33-36,38,42,45-46,52,61,70,77,86-87,101H,8,13,26-32,37,39-41,43-44H2,1-7H3,(H,81,93)(H,82,94)(H,83,98)(H,84,97)(H,85,95)/t46-,52-,61-,70-,77?/m0/s1. The Morgan fingerprint density at radius 2 is 1.39 bits per heavy atom. The summed E-state index contributed by atoms with van der Waals surface area (Å²) < 4.78 is 35.2. The number of hydrazine groups is 2. The number of nitrogens with one attached hydrogen (secondary N) is 7. The number of benzene rings is 6. The van der Waals surface area contributed by atoms with Gasteiger partial charge in [-0.25, -0.2) is 9.69 Å². The van der Waals surface area contributed by atoms with Crippen molar-refractivity contribution >= 4 is 99.3 Å². The summed E-state index contributed by atoms with van der Waals surface area (Å²) in [6, 6.07) is 32.5. The number of nitrogens with zero attached hydrogens (tertiary/aromatic N) is 6. The van der Waals surface area contributed by atoms with Gasteiger partial charge in [0.2, 0.25) is 35.4 Å². The number of ether oxygens (including phenoxy) is 6. The van der Waals surface area contributed by atoms with Crippen molar-refractivity contribution in [2.75, 3.05) is 75.8 Å². The zero-order valence-corrected chi connectivity index (χ0v) is 61.0. The Bertz CT molecular complexity index is 4620. The van der Waals surface area contributed by atoms with Gasteiger partial charge in [0.15, 0.2) is 29.2 Å². The molecule has 7 aliphatic rings. The normalized spacial score (nSPS) is 18.1. The fourth-order valence-electron chi connectivity index (χ4n) is 14.3. The molecule has 1 aliphatic carbocycles. The molecule has 0 radical (unpaired) electrons. The third-order valence-corrected chi connectivity index (χ3v) is 20.4. The van der Waals surface area contributed by atoms with Crippen molar-refractivity contribution in [3.63, 3.8) is 0 Å². The van der Waals surface area contributed by atoms with Crippen molar-refractivity contribution in [3.8, 4) is 28.7 Å². The number of para-hydroxylation sites is 1. The molecule has 6 aromatic carbocycles. The van der Waals surface area contributed by atoms with Crippen LogP contribution in [0.25, 0.3) is 17.0 Å². The lowest BCUT2D eigenvalue weighted by Crippen LogP contribution is -2.55. The van der Waals surface area contributed by atoms with E-state index in [2.05, 4.69) is 37.5 Å². The molecular weight excluding hydrogens is 1390 g/mol. The number of fused-ring (bicyclic) bond motifs is 8. The van der Waals surface area contributed by atoms with Crippen LogP contribution >= 0.6 is 0 Å².